The molecule has 6 rings (SSSR count). The zero-order valence-electron chi connectivity index (χ0n) is 24.8. The SMILES string of the molecule is Cc1ccc(S(=O)(=O)c2n[nH]n3c2nc(=O)c2ccc(N4CCN(CCC(=O)NC5CCN(C)CC5)CC4)cc23)c(C)c1. The number of hydrogen-bond acceptors (Lipinski definition) is 9. The molecule has 4 aromatic rings. The van der Waals surface area contributed by atoms with Gasteiger partial charge >= 0.3 is 0 Å². The van der Waals surface area contributed by atoms with Crippen molar-refractivity contribution >= 4 is 38.0 Å². The van der Waals surface area contributed by atoms with E-state index in [0.717, 1.165) is 69.9 Å². The minimum Gasteiger partial charge on any atom is -0.369 e. The van der Waals surface area contributed by atoms with Gasteiger partial charge in [0.1, 0.15) is 0 Å². The van der Waals surface area contributed by atoms with Crippen molar-refractivity contribution in [3.05, 3.63) is 57.9 Å². The van der Waals surface area contributed by atoms with Crippen molar-refractivity contribution in [1.29, 1.82) is 0 Å². The number of anilines is 1. The molecule has 0 saturated carbocycles. The standard InChI is InChI=1S/C30H38N8O4S/c1-20-4-7-26(21(2)18-20)43(41,42)30-28-32-29(40)24-6-5-23(19-25(24)38(28)34-33-30)37-16-14-36(15-17-37)13-10-27(39)31-22-8-11-35(3)12-9-22/h4-7,18-19,22,34H,8-17H2,1-3H3,(H,31,39). The lowest BCUT2D eigenvalue weighted by atomic mass is 10.1. The monoisotopic (exact) mass is 606 g/mol. The number of aromatic nitrogens is 4. The Hall–Kier alpha value is -3.81. The maximum atomic E-state index is 13.6. The van der Waals surface area contributed by atoms with Crippen LogP contribution in [0.3, 0.4) is 0 Å². The number of benzene rings is 2. The fourth-order valence-corrected chi connectivity index (χ4v) is 7.60. The average molecular weight is 607 g/mol. The minimum atomic E-state index is -4.03. The lowest BCUT2D eigenvalue weighted by Crippen LogP contribution is -2.48. The topological polar surface area (TPSA) is 136 Å². The highest BCUT2D eigenvalue weighted by atomic mass is 32.2. The molecule has 0 spiro atoms. The first kappa shape index (κ1) is 29.3. The number of amides is 1. The van der Waals surface area contributed by atoms with Crippen molar-refractivity contribution in [2.45, 2.75) is 49.1 Å². The zero-order valence-corrected chi connectivity index (χ0v) is 25.7. The van der Waals surface area contributed by atoms with Gasteiger partial charge in [0.05, 0.1) is 15.8 Å². The number of nitrogens with zero attached hydrogens (tertiary/aromatic N) is 6. The van der Waals surface area contributed by atoms with Gasteiger partial charge in [-0.2, -0.15) is 4.98 Å². The van der Waals surface area contributed by atoms with Crippen LogP contribution in [0.15, 0.2) is 51.1 Å². The van der Waals surface area contributed by atoms with E-state index in [4.69, 9.17) is 0 Å². The number of carbonyl (C=O) groups excluding carboxylic acids is 1. The van der Waals surface area contributed by atoms with Crippen LogP contribution in [0.4, 0.5) is 5.69 Å². The molecule has 1 amide bonds. The van der Waals surface area contributed by atoms with Gasteiger partial charge in [-0.1, -0.05) is 17.7 Å². The predicted molar refractivity (Wildman–Crippen MR) is 164 cm³/mol. The molecule has 2 aliphatic heterocycles. The van der Waals surface area contributed by atoms with Crippen molar-refractivity contribution in [2.24, 2.45) is 0 Å². The Morgan fingerprint density at radius 1 is 1.02 bits per heavy atom. The summed E-state index contributed by atoms with van der Waals surface area (Å²) in [4.78, 5) is 36.6. The first-order chi connectivity index (χ1) is 20.6. The first-order valence-electron chi connectivity index (χ1n) is 14.8. The van der Waals surface area contributed by atoms with Gasteiger partial charge in [0.15, 0.2) is 5.65 Å². The molecule has 2 saturated heterocycles. The molecule has 2 fully saturated rings. The minimum absolute atomic E-state index is 0.0297. The number of hydrogen-bond donors (Lipinski definition) is 2. The Bertz CT molecular complexity index is 1830. The van der Waals surface area contributed by atoms with Crippen LogP contribution in [0.2, 0.25) is 0 Å². The van der Waals surface area contributed by atoms with Crippen LogP contribution in [-0.2, 0) is 14.6 Å². The Labute approximate surface area is 250 Å². The van der Waals surface area contributed by atoms with Gasteiger partial charge in [-0.25, -0.2) is 18.1 Å². The van der Waals surface area contributed by atoms with Crippen LogP contribution in [0.1, 0.15) is 30.4 Å². The van der Waals surface area contributed by atoms with E-state index in [2.05, 4.69) is 42.4 Å². The number of fused-ring (bicyclic) bond motifs is 3. The molecular weight excluding hydrogens is 568 g/mol. The van der Waals surface area contributed by atoms with Gasteiger partial charge in [-0.3, -0.25) is 14.5 Å². The molecule has 0 radical (unpaired) electrons. The molecular formula is C30H38N8O4S. The van der Waals surface area contributed by atoms with Gasteiger partial charge in [0, 0.05) is 50.9 Å². The lowest BCUT2D eigenvalue weighted by Gasteiger charge is -2.36. The van der Waals surface area contributed by atoms with Gasteiger partial charge in [-0.05, 0) is 76.7 Å². The summed E-state index contributed by atoms with van der Waals surface area (Å²) in [5.74, 6) is 0.119. The third kappa shape index (κ3) is 5.89. The Morgan fingerprint density at radius 2 is 1.77 bits per heavy atom. The van der Waals surface area contributed by atoms with E-state index in [9.17, 15) is 18.0 Å². The zero-order chi connectivity index (χ0) is 30.3. The van der Waals surface area contributed by atoms with Crippen molar-refractivity contribution < 1.29 is 13.2 Å². The highest BCUT2D eigenvalue weighted by molar-refractivity contribution is 7.91. The number of aromatic amines is 1. The molecule has 43 heavy (non-hydrogen) atoms. The van der Waals surface area contributed by atoms with Gasteiger partial charge in [0.25, 0.3) is 5.56 Å². The number of carbonyl (C=O) groups is 1. The third-order valence-electron chi connectivity index (χ3n) is 8.67. The summed E-state index contributed by atoms with van der Waals surface area (Å²) < 4.78 is 28.6. The van der Waals surface area contributed by atoms with Crippen molar-refractivity contribution in [2.75, 3.05) is 57.8 Å². The summed E-state index contributed by atoms with van der Waals surface area (Å²) >= 11 is 0. The summed E-state index contributed by atoms with van der Waals surface area (Å²) in [6, 6.07) is 10.9. The number of piperidine rings is 1. The van der Waals surface area contributed by atoms with Gasteiger partial charge in [0.2, 0.25) is 20.8 Å². The van der Waals surface area contributed by atoms with Crippen molar-refractivity contribution in [3.8, 4) is 0 Å². The second-order valence-electron chi connectivity index (χ2n) is 11.8. The van der Waals surface area contributed by atoms with Crippen LogP contribution >= 0.6 is 0 Å². The molecule has 0 bridgehead atoms. The molecule has 2 N–H and O–H groups in total. The normalized spacial score (nSPS) is 17.6. The second-order valence-corrected chi connectivity index (χ2v) is 13.6. The molecule has 12 nitrogen and oxygen atoms in total. The Balaban J connectivity index is 1.16. The fraction of sp³-hybridized carbons (Fsp3) is 0.467. The van der Waals surface area contributed by atoms with E-state index in [1.807, 2.05) is 19.1 Å². The number of rotatable bonds is 7. The van der Waals surface area contributed by atoms with Crippen LogP contribution in [0.25, 0.3) is 16.6 Å². The second kappa shape index (κ2) is 11.7. The Kier molecular flexibility index (Phi) is 7.96. The maximum Gasteiger partial charge on any atom is 0.281 e. The van der Waals surface area contributed by atoms with Gasteiger partial charge < -0.3 is 15.1 Å². The number of H-pyrrole nitrogens is 1. The molecule has 4 heterocycles. The van der Waals surface area contributed by atoms with Crippen molar-refractivity contribution in [1.82, 2.24) is 34.9 Å². The number of nitrogens with one attached hydrogen (secondary N) is 2. The van der Waals surface area contributed by atoms with E-state index in [1.54, 1.807) is 31.2 Å². The Morgan fingerprint density at radius 3 is 2.49 bits per heavy atom. The summed E-state index contributed by atoms with van der Waals surface area (Å²) in [6.45, 7) is 9.55. The van der Waals surface area contributed by atoms with E-state index >= 15 is 0 Å². The first-order valence-corrected chi connectivity index (χ1v) is 16.3. The summed E-state index contributed by atoms with van der Waals surface area (Å²) in [6.07, 6.45) is 2.50. The fourth-order valence-electron chi connectivity index (χ4n) is 6.12. The molecule has 13 heteroatoms. The molecule has 0 unspecified atom stereocenters. The highest BCUT2D eigenvalue weighted by Gasteiger charge is 2.28. The average Bonchev–Trinajstić information content (AvgIpc) is 3.42. The number of piperazine rings is 1. The largest absolute Gasteiger partial charge is 0.369 e. The van der Waals surface area contributed by atoms with Crippen LogP contribution in [0.5, 0.6) is 0 Å². The maximum absolute atomic E-state index is 13.6. The van der Waals surface area contributed by atoms with Crippen LogP contribution in [0, 0.1) is 13.8 Å². The van der Waals surface area contributed by atoms with E-state index < -0.39 is 15.4 Å². The quantitative estimate of drug-likeness (QED) is 0.322. The van der Waals surface area contributed by atoms with E-state index in [-0.39, 0.29) is 27.5 Å². The summed E-state index contributed by atoms with van der Waals surface area (Å²) in [5, 5.41) is 10.2. The molecule has 0 atom stereocenters. The third-order valence-corrected chi connectivity index (χ3v) is 10.5. The molecule has 0 aliphatic carbocycles. The molecule has 2 aromatic heterocycles. The number of sulfone groups is 1. The van der Waals surface area contributed by atoms with Gasteiger partial charge in [-0.15, -0.1) is 5.10 Å². The molecule has 228 valence electrons. The predicted octanol–water partition coefficient (Wildman–Crippen LogP) is 1.74. The summed E-state index contributed by atoms with van der Waals surface area (Å²) in [7, 11) is -1.91. The van der Waals surface area contributed by atoms with Crippen molar-refractivity contribution in [3.63, 3.8) is 0 Å². The number of likely N-dealkylation sites (tertiary alicyclic amines) is 1. The smallest absolute Gasteiger partial charge is 0.281 e. The number of aryl methyl sites for hydroxylation is 2. The highest BCUT2D eigenvalue weighted by Crippen LogP contribution is 2.27. The lowest BCUT2D eigenvalue weighted by molar-refractivity contribution is -0.122. The van der Waals surface area contributed by atoms with Crippen LogP contribution < -0.4 is 15.8 Å². The van der Waals surface area contributed by atoms with Crippen LogP contribution in [-0.4, -0.2) is 103 Å². The summed E-state index contributed by atoms with van der Waals surface area (Å²) in [5.41, 5.74) is 2.44. The van der Waals surface area contributed by atoms with E-state index in [1.165, 1.54) is 4.52 Å². The van der Waals surface area contributed by atoms with E-state index in [0.29, 0.717) is 22.9 Å². The molecule has 2 aromatic carbocycles. The molecule has 2 aliphatic rings.